The van der Waals surface area contributed by atoms with Crippen molar-refractivity contribution in [1.82, 2.24) is 24.1 Å². The van der Waals surface area contributed by atoms with E-state index in [1.165, 1.54) is 0 Å². The molecule has 0 bridgehead atoms. The van der Waals surface area contributed by atoms with Gasteiger partial charge in [-0.1, -0.05) is 84.6 Å². The molecule has 0 saturated heterocycles. The van der Waals surface area contributed by atoms with Gasteiger partial charge in [-0.25, -0.2) is 0 Å². The molecule has 5 aromatic heterocycles. The van der Waals surface area contributed by atoms with Gasteiger partial charge in [0, 0.05) is 87.3 Å². The lowest BCUT2D eigenvalue weighted by Gasteiger charge is -2.14. The lowest BCUT2D eigenvalue weighted by atomic mass is 9.94. The SMILES string of the molecule is C1#CCC(c2ccccc2-c2ccc3c(c2)c2cnccc2n3-c2cccc(-n3c4ccncc4c4cc(-c5ccccc5-c5ccccn5)ccc43)c2)=NC=C1. The molecule has 0 aliphatic carbocycles. The summed E-state index contributed by atoms with van der Waals surface area (Å²) < 4.78 is 4.70. The highest BCUT2D eigenvalue weighted by Gasteiger charge is 2.19. The van der Waals surface area contributed by atoms with Crippen molar-refractivity contribution in [3.05, 3.63) is 188 Å². The van der Waals surface area contributed by atoms with Crippen LogP contribution in [0.4, 0.5) is 0 Å². The van der Waals surface area contributed by atoms with Gasteiger partial charge in [-0.15, -0.1) is 0 Å². The summed E-state index contributed by atoms with van der Waals surface area (Å²) in [6.45, 7) is 0. The number of aliphatic imine (C=N–C) groups is 1. The van der Waals surface area contributed by atoms with E-state index in [1.807, 2.05) is 43.1 Å². The second-order valence-corrected chi connectivity index (χ2v) is 14.1. The van der Waals surface area contributed by atoms with E-state index in [4.69, 9.17) is 4.99 Å². The van der Waals surface area contributed by atoms with E-state index in [2.05, 4.69) is 163 Å². The van der Waals surface area contributed by atoms with E-state index < -0.39 is 0 Å². The first kappa shape index (κ1) is 32.5. The van der Waals surface area contributed by atoms with E-state index in [0.717, 1.165) is 99.8 Å². The zero-order chi connectivity index (χ0) is 37.7. The Hall–Kier alpha value is -7.88. The van der Waals surface area contributed by atoms with Crippen LogP contribution in [0.1, 0.15) is 12.0 Å². The van der Waals surface area contributed by atoms with Crippen LogP contribution in [-0.4, -0.2) is 29.8 Å². The molecule has 0 fully saturated rings. The molecule has 1 aliphatic rings. The van der Waals surface area contributed by atoms with Crippen molar-refractivity contribution >= 4 is 49.3 Å². The summed E-state index contributed by atoms with van der Waals surface area (Å²) in [5.74, 6) is 6.27. The molecule has 0 unspecified atom stereocenters. The maximum atomic E-state index is 4.72. The minimum atomic E-state index is 0.607. The molecule has 11 rings (SSSR count). The van der Waals surface area contributed by atoms with Crippen LogP contribution >= 0.6 is 0 Å². The number of hydrogen-bond donors (Lipinski definition) is 0. The maximum absolute atomic E-state index is 4.72. The largest absolute Gasteiger partial charge is 0.309 e. The van der Waals surface area contributed by atoms with Gasteiger partial charge in [-0.05, 0) is 89.0 Å². The van der Waals surface area contributed by atoms with E-state index in [9.17, 15) is 0 Å². The number of rotatable bonds is 6. The molecule has 6 heteroatoms. The molecule has 1 aliphatic heterocycles. The van der Waals surface area contributed by atoms with E-state index in [0.29, 0.717) is 6.42 Å². The summed E-state index contributed by atoms with van der Waals surface area (Å²) in [4.78, 5) is 18.6. The first-order valence-corrected chi connectivity index (χ1v) is 19.0. The molecular weight excluding hydrogens is 697 g/mol. The number of hydrogen-bond acceptors (Lipinski definition) is 4. The normalized spacial score (nSPS) is 12.5. The molecule has 5 aromatic carbocycles. The summed E-state index contributed by atoms with van der Waals surface area (Å²) in [7, 11) is 0. The van der Waals surface area contributed by atoms with Crippen LogP contribution < -0.4 is 0 Å². The molecule has 0 atom stereocenters. The number of aromatic nitrogens is 5. The highest BCUT2D eigenvalue weighted by molar-refractivity contribution is 6.13. The Bertz CT molecular complexity index is 3340. The van der Waals surface area contributed by atoms with E-state index in [-0.39, 0.29) is 0 Å². The fourth-order valence-corrected chi connectivity index (χ4v) is 8.43. The summed E-state index contributed by atoms with van der Waals surface area (Å²) in [6.07, 6.45) is 13.8. The Morgan fingerprint density at radius 1 is 0.474 bits per heavy atom. The fourth-order valence-electron chi connectivity index (χ4n) is 8.43. The van der Waals surface area contributed by atoms with Crippen LogP contribution in [0.15, 0.2) is 188 Å². The van der Waals surface area contributed by atoms with Crippen LogP contribution in [0, 0.1) is 11.8 Å². The van der Waals surface area contributed by atoms with Gasteiger partial charge in [-0.2, -0.15) is 0 Å². The first-order valence-electron chi connectivity index (χ1n) is 19.0. The maximum Gasteiger partial charge on any atom is 0.0708 e. The standard InChI is InChI=1S/C51H32N6/c1-2-17-46(54-25-8-1)40-15-5-3-13-38(40)34-19-21-48-42(29-34)44-32-52-27-23-50(44)56(48)36-11-10-12-37(31-36)57-49-22-20-35(30-43(49)45-33-53-28-24-51(45)57)39-14-4-6-16-41(39)47-18-7-9-26-55-47/h3-16,18-33H,17H2. The van der Waals surface area contributed by atoms with Crippen molar-refractivity contribution in [3.8, 4) is 56.7 Å². The van der Waals surface area contributed by atoms with Crippen molar-refractivity contribution < 1.29 is 0 Å². The van der Waals surface area contributed by atoms with Gasteiger partial charge in [0.2, 0.25) is 0 Å². The lowest BCUT2D eigenvalue weighted by Crippen LogP contribution is -2.01. The molecule has 6 nitrogen and oxygen atoms in total. The molecule has 266 valence electrons. The molecule has 10 aromatic rings. The van der Waals surface area contributed by atoms with E-state index >= 15 is 0 Å². The summed E-state index contributed by atoms with van der Waals surface area (Å²) in [5.41, 5.74) is 15.2. The van der Waals surface area contributed by atoms with Gasteiger partial charge in [0.15, 0.2) is 0 Å². The summed E-state index contributed by atoms with van der Waals surface area (Å²) in [6, 6.07) is 49.5. The number of allylic oxidation sites excluding steroid dienone is 1. The molecule has 0 N–H and O–H groups in total. The number of benzene rings is 5. The zero-order valence-electron chi connectivity index (χ0n) is 30.7. The third-order valence-electron chi connectivity index (χ3n) is 11.0. The molecule has 0 radical (unpaired) electrons. The van der Waals surface area contributed by atoms with E-state index in [1.54, 1.807) is 12.3 Å². The molecular formula is C51H32N6. The monoisotopic (exact) mass is 728 g/mol. The predicted molar refractivity (Wildman–Crippen MR) is 233 cm³/mol. The van der Waals surface area contributed by atoms with Crippen LogP contribution in [0.25, 0.3) is 88.5 Å². The van der Waals surface area contributed by atoms with Gasteiger partial charge >= 0.3 is 0 Å². The molecule has 0 spiro atoms. The van der Waals surface area contributed by atoms with Gasteiger partial charge in [-0.3, -0.25) is 19.9 Å². The second-order valence-electron chi connectivity index (χ2n) is 14.1. The van der Waals surface area contributed by atoms with Crippen LogP contribution in [0.3, 0.4) is 0 Å². The second kappa shape index (κ2) is 13.5. The third-order valence-corrected chi connectivity index (χ3v) is 11.0. The Morgan fingerprint density at radius 2 is 1.05 bits per heavy atom. The fraction of sp³-hybridized carbons (Fsp3) is 0.0196. The average molecular weight is 729 g/mol. The Balaban J connectivity index is 1.06. The third kappa shape index (κ3) is 5.44. The smallest absolute Gasteiger partial charge is 0.0708 e. The first-order chi connectivity index (χ1) is 28.3. The Kier molecular flexibility index (Phi) is 7.68. The van der Waals surface area contributed by atoms with Crippen LogP contribution in [0.5, 0.6) is 0 Å². The topological polar surface area (TPSA) is 60.9 Å². The molecule has 57 heavy (non-hydrogen) atoms. The lowest BCUT2D eigenvalue weighted by molar-refractivity contribution is 1.13. The van der Waals surface area contributed by atoms with Crippen LogP contribution in [0.2, 0.25) is 0 Å². The number of nitrogens with zero attached hydrogens (tertiary/aromatic N) is 6. The minimum Gasteiger partial charge on any atom is -0.309 e. The Labute approximate surface area is 328 Å². The molecule has 0 amide bonds. The van der Waals surface area contributed by atoms with Crippen molar-refractivity contribution in [2.75, 3.05) is 0 Å². The zero-order valence-corrected chi connectivity index (χ0v) is 30.7. The summed E-state index contributed by atoms with van der Waals surface area (Å²) in [5, 5.41) is 4.48. The highest BCUT2D eigenvalue weighted by Crippen LogP contribution is 2.39. The number of pyridine rings is 3. The van der Waals surface area contributed by atoms with Crippen molar-refractivity contribution in [3.63, 3.8) is 0 Å². The van der Waals surface area contributed by atoms with Crippen LogP contribution in [-0.2, 0) is 0 Å². The Morgan fingerprint density at radius 3 is 1.68 bits per heavy atom. The highest BCUT2D eigenvalue weighted by atomic mass is 15.0. The van der Waals surface area contributed by atoms with Gasteiger partial charge < -0.3 is 9.13 Å². The average Bonchev–Trinajstić information content (AvgIpc) is 3.64. The molecule has 0 saturated carbocycles. The van der Waals surface area contributed by atoms with Gasteiger partial charge in [0.25, 0.3) is 0 Å². The number of fused-ring (bicyclic) bond motifs is 6. The van der Waals surface area contributed by atoms with Crippen molar-refractivity contribution in [1.29, 1.82) is 0 Å². The molecule has 6 heterocycles. The predicted octanol–water partition coefficient (Wildman–Crippen LogP) is 11.8. The van der Waals surface area contributed by atoms with Gasteiger partial charge in [0.05, 0.1) is 39.9 Å². The van der Waals surface area contributed by atoms with Crippen molar-refractivity contribution in [2.24, 2.45) is 4.99 Å². The van der Waals surface area contributed by atoms with Gasteiger partial charge in [0.1, 0.15) is 0 Å². The van der Waals surface area contributed by atoms with Crippen molar-refractivity contribution in [2.45, 2.75) is 6.42 Å². The quantitative estimate of drug-likeness (QED) is 0.160. The summed E-state index contributed by atoms with van der Waals surface area (Å²) >= 11 is 0. The minimum absolute atomic E-state index is 0.607.